The predicted molar refractivity (Wildman–Crippen MR) is 73.6 cm³/mol. The van der Waals surface area contributed by atoms with E-state index in [4.69, 9.17) is 0 Å². The van der Waals surface area contributed by atoms with Gasteiger partial charge in [0.2, 0.25) is 0 Å². The van der Waals surface area contributed by atoms with E-state index >= 15 is 0 Å². The van der Waals surface area contributed by atoms with E-state index in [1.165, 1.54) is 0 Å². The molecule has 1 aliphatic carbocycles. The number of hydrogen-bond donors (Lipinski definition) is 0. The van der Waals surface area contributed by atoms with Crippen molar-refractivity contribution in [3.05, 3.63) is 40.7 Å². The van der Waals surface area contributed by atoms with E-state index in [0.29, 0.717) is 12.2 Å². The highest BCUT2D eigenvalue weighted by Crippen LogP contribution is 2.46. The Kier molecular flexibility index (Phi) is 2.78. The number of aromatic nitrogens is 1. The number of ketones is 1. The first-order valence-corrected chi connectivity index (χ1v) is 7.08. The molecule has 0 unspecified atom stereocenters. The molecule has 0 aliphatic heterocycles. The average molecular weight is 257 g/mol. The first-order chi connectivity index (χ1) is 8.67. The summed E-state index contributed by atoms with van der Waals surface area (Å²) in [5.41, 5.74) is 2.05. The number of Topliss-reactive ketones (excluding diaryl/α,β-unsaturated/α-hetero) is 1. The SMILES string of the molecule is CC1(C(=O)Cc2nc(-c3ccccc3)cs2)CC1. The molecule has 2 aromatic rings. The molecule has 1 heterocycles. The average Bonchev–Trinajstić information content (AvgIpc) is 2.98. The summed E-state index contributed by atoms with van der Waals surface area (Å²) in [7, 11) is 0. The van der Waals surface area contributed by atoms with Gasteiger partial charge in [-0.2, -0.15) is 0 Å². The molecule has 0 atom stereocenters. The first-order valence-electron chi connectivity index (χ1n) is 6.20. The highest BCUT2D eigenvalue weighted by Gasteiger charge is 2.44. The third-order valence-electron chi connectivity index (χ3n) is 3.61. The Morgan fingerprint density at radius 2 is 2.06 bits per heavy atom. The van der Waals surface area contributed by atoms with E-state index in [9.17, 15) is 4.79 Å². The van der Waals surface area contributed by atoms with Gasteiger partial charge in [-0.05, 0) is 12.8 Å². The number of hydrogen-bond acceptors (Lipinski definition) is 3. The molecule has 0 saturated heterocycles. The second-order valence-corrected chi connectivity index (χ2v) is 6.10. The topological polar surface area (TPSA) is 30.0 Å². The molecular formula is C15H15NOS. The number of benzene rings is 1. The van der Waals surface area contributed by atoms with Crippen molar-refractivity contribution in [1.29, 1.82) is 0 Å². The van der Waals surface area contributed by atoms with Crippen LogP contribution in [0.4, 0.5) is 0 Å². The van der Waals surface area contributed by atoms with Crippen molar-refractivity contribution in [2.24, 2.45) is 5.41 Å². The lowest BCUT2D eigenvalue weighted by atomic mass is 10.0. The second-order valence-electron chi connectivity index (χ2n) is 5.15. The van der Waals surface area contributed by atoms with Crippen molar-refractivity contribution in [2.75, 3.05) is 0 Å². The summed E-state index contributed by atoms with van der Waals surface area (Å²) in [5.74, 6) is 0.344. The summed E-state index contributed by atoms with van der Waals surface area (Å²) in [6.45, 7) is 2.06. The minimum Gasteiger partial charge on any atom is -0.299 e. The van der Waals surface area contributed by atoms with Crippen LogP contribution < -0.4 is 0 Å². The summed E-state index contributed by atoms with van der Waals surface area (Å²) < 4.78 is 0. The molecule has 0 N–H and O–H groups in total. The lowest BCUT2D eigenvalue weighted by Gasteiger charge is -2.03. The van der Waals surface area contributed by atoms with E-state index in [-0.39, 0.29) is 5.41 Å². The first kappa shape index (κ1) is 11.6. The number of rotatable bonds is 4. The number of thiazole rings is 1. The van der Waals surface area contributed by atoms with Crippen LogP contribution in [0.15, 0.2) is 35.7 Å². The maximum atomic E-state index is 12.0. The van der Waals surface area contributed by atoms with Gasteiger partial charge in [-0.1, -0.05) is 37.3 Å². The quantitative estimate of drug-likeness (QED) is 0.835. The van der Waals surface area contributed by atoms with Crippen molar-refractivity contribution >= 4 is 17.1 Å². The summed E-state index contributed by atoms with van der Waals surface area (Å²) in [4.78, 5) is 16.6. The summed E-state index contributed by atoms with van der Waals surface area (Å²) in [6, 6.07) is 10.1. The fourth-order valence-electron chi connectivity index (χ4n) is 1.95. The predicted octanol–water partition coefficient (Wildman–Crippen LogP) is 3.72. The Hall–Kier alpha value is -1.48. The Morgan fingerprint density at radius 1 is 1.33 bits per heavy atom. The van der Waals surface area contributed by atoms with Gasteiger partial charge in [0.15, 0.2) is 0 Å². The summed E-state index contributed by atoms with van der Waals surface area (Å²) in [5, 5.41) is 2.97. The number of nitrogens with zero attached hydrogens (tertiary/aromatic N) is 1. The standard InChI is InChI=1S/C15H15NOS/c1-15(7-8-15)13(17)9-14-16-12(10-18-14)11-5-3-2-4-6-11/h2-6,10H,7-9H2,1H3. The molecule has 0 amide bonds. The van der Waals surface area contributed by atoms with Crippen molar-refractivity contribution < 1.29 is 4.79 Å². The monoisotopic (exact) mass is 257 g/mol. The Balaban J connectivity index is 1.76. The van der Waals surface area contributed by atoms with Gasteiger partial charge in [-0.15, -0.1) is 11.3 Å². The molecular weight excluding hydrogens is 242 g/mol. The lowest BCUT2D eigenvalue weighted by Crippen LogP contribution is -2.14. The van der Waals surface area contributed by atoms with Crippen LogP contribution in [0, 0.1) is 5.41 Å². The molecule has 1 fully saturated rings. The molecule has 3 heteroatoms. The van der Waals surface area contributed by atoms with Crippen LogP contribution in [0.2, 0.25) is 0 Å². The van der Waals surface area contributed by atoms with Gasteiger partial charge in [0, 0.05) is 16.4 Å². The van der Waals surface area contributed by atoms with E-state index in [0.717, 1.165) is 29.1 Å². The molecule has 0 spiro atoms. The molecule has 1 aromatic heterocycles. The number of carbonyl (C=O) groups is 1. The van der Waals surface area contributed by atoms with Gasteiger partial charge in [0.1, 0.15) is 10.8 Å². The van der Waals surface area contributed by atoms with Gasteiger partial charge in [0.05, 0.1) is 12.1 Å². The fraction of sp³-hybridized carbons (Fsp3) is 0.333. The van der Waals surface area contributed by atoms with Crippen LogP contribution in [-0.2, 0) is 11.2 Å². The van der Waals surface area contributed by atoms with Crippen molar-refractivity contribution in [3.8, 4) is 11.3 Å². The van der Waals surface area contributed by atoms with Gasteiger partial charge in [-0.3, -0.25) is 4.79 Å². The maximum absolute atomic E-state index is 12.0. The van der Waals surface area contributed by atoms with E-state index in [2.05, 4.69) is 11.9 Å². The molecule has 0 radical (unpaired) electrons. The maximum Gasteiger partial charge on any atom is 0.145 e. The van der Waals surface area contributed by atoms with Crippen molar-refractivity contribution in [1.82, 2.24) is 4.98 Å². The Morgan fingerprint density at radius 3 is 2.72 bits per heavy atom. The lowest BCUT2D eigenvalue weighted by molar-refractivity contribution is -0.122. The number of carbonyl (C=O) groups excluding carboxylic acids is 1. The van der Waals surface area contributed by atoms with Crippen LogP contribution in [0.25, 0.3) is 11.3 Å². The molecule has 92 valence electrons. The highest BCUT2D eigenvalue weighted by atomic mass is 32.1. The van der Waals surface area contributed by atoms with E-state index in [1.54, 1.807) is 11.3 Å². The van der Waals surface area contributed by atoms with Crippen LogP contribution in [0.5, 0.6) is 0 Å². The molecule has 1 aromatic carbocycles. The molecule has 18 heavy (non-hydrogen) atoms. The van der Waals surface area contributed by atoms with Gasteiger partial charge in [-0.25, -0.2) is 4.98 Å². The normalized spacial score (nSPS) is 16.5. The third-order valence-corrected chi connectivity index (χ3v) is 4.46. The van der Waals surface area contributed by atoms with Crippen LogP contribution in [0.1, 0.15) is 24.8 Å². The minimum atomic E-state index is -0.0431. The van der Waals surface area contributed by atoms with Crippen molar-refractivity contribution in [3.63, 3.8) is 0 Å². The van der Waals surface area contributed by atoms with Crippen LogP contribution in [-0.4, -0.2) is 10.8 Å². The van der Waals surface area contributed by atoms with E-state index < -0.39 is 0 Å². The smallest absolute Gasteiger partial charge is 0.145 e. The minimum absolute atomic E-state index is 0.0431. The van der Waals surface area contributed by atoms with Crippen molar-refractivity contribution in [2.45, 2.75) is 26.2 Å². The zero-order chi connectivity index (χ0) is 12.6. The largest absolute Gasteiger partial charge is 0.299 e. The van der Waals surface area contributed by atoms with Gasteiger partial charge >= 0.3 is 0 Å². The molecule has 0 bridgehead atoms. The molecule has 3 rings (SSSR count). The Labute approximate surface area is 111 Å². The molecule has 2 nitrogen and oxygen atoms in total. The zero-order valence-corrected chi connectivity index (χ0v) is 11.2. The Bertz CT molecular complexity index is 569. The van der Waals surface area contributed by atoms with Crippen LogP contribution in [0.3, 0.4) is 0 Å². The molecule has 1 saturated carbocycles. The van der Waals surface area contributed by atoms with Gasteiger partial charge < -0.3 is 0 Å². The third kappa shape index (κ3) is 2.23. The van der Waals surface area contributed by atoms with E-state index in [1.807, 2.05) is 35.7 Å². The highest BCUT2D eigenvalue weighted by molar-refractivity contribution is 7.10. The molecule has 1 aliphatic rings. The fourth-order valence-corrected chi connectivity index (χ4v) is 2.75. The zero-order valence-electron chi connectivity index (χ0n) is 10.3. The van der Waals surface area contributed by atoms with Gasteiger partial charge in [0.25, 0.3) is 0 Å². The summed E-state index contributed by atoms with van der Waals surface area (Å²) >= 11 is 1.58. The summed E-state index contributed by atoms with van der Waals surface area (Å²) in [6.07, 6.45) is 2.58. The van der Waals surface area contributed by atoms with Crippen LogP contribution >= 0.6 is 11.3 Å². The second kappa shape index (κ2) is 4.32.